The van der Waals surface area contributed by atoms with Crippen LogP contribution in [0.5, 0.6) is 5.75 Å². The Balaban J connectivity index is 1.55. The number of thiophene rings is 1. The topological polar surface area (TPSA) is 18.5 Å². The molecule has 0 N–H and O–H groups in total. The van der Waals surface area contributed by atoms with Gasteiger partial charge in [-0.25, -0.2) is 0 Å². The van der Waals surface area contributed by atoms with E-state index in [1.165, 1.54) is 54.5 Å². The van der Waals surface area contributed by atoms with Crippen molar-refractivity contribution in [3.8, 4) is 16.2 Å². The average Bonchev–Trinajstić information content (AvgIpc) is 3.06. The predicted octanol–water partition coefficient (Wildman–Crippen LogP) is 6.26. The Kier molecular flexibility index (Phi) is 4.33. The number of hydrogen-bond acceptors (Lipinski definition) is 3. The third-order valence-electron chi connectivity index (χ3n) is 6.88. The third-order valence-corrected chi connectivity index (χ3v) is 7.89. The van der Waals surface area contributed by atoms with Gasteiger partial charge in [-0.05, 0) is 74.1 Å². The van der Waals surface area contributed by atoms with Crippen LogP contribution in [0.1, 0.15) is 51.0 Å². The summed E-state index contributed by atoms with van der Waals surface area (Å²) in [6, 6.07) is 10.7. The van der Waals surface area contributed by atoms with Crippen molar-refractivity contribution in [3.63, 3.8) is 0 Å². The molecule has 0 aliphatic heterocycles. The van der Waals surface area contributed by atoms with E-state index in [-0.39, 0.29) is 0 Å². The molecule has 0 unspecified atom stereocenters. The van der Waals surface area contributed by atoms with Gasteiger partial charge in [0.05, 0.1) is 4.88 Å². The Morgan fingerprint density at radius 1 is 1.00 bits per heavy atom. The van der Waals surface area contributed by atoms with Gasteiger partial charge in [0.15, 0.2) is 6.79 Å². The molecule has 2 aromatic rings. The average molecular weight is 369 g/mol. The Labute approximate surface area is 160 Å². The SMILES string of the molecule is CCOCOc1c(C23CC4CC(CC(C4)C2)C3)csc1-c1ccccc1. The highest BCUT2D eigenvalue weighted by Gasteiger charge is 2.53. The molecule has 4 aliphatic carbocycles. The highest BCUT2D eigenvalue weighted by molar-refractivity contribution is 7.14. The summed E-state index contributed by atoms with van der Waals surface area (Å²) in [6.07, 6.45) is 8.54. The summed E-state index contributed by atoms with van der Waals surface area (Å²) < 4.78 is 11.8. The van der Waals surface area contributed by atoms with Gasteiger partial charge in [0.1, 0.15) is 5.75 Å². The molecule has 0 saturated heterocycles. The van der Waals surface area contributed by atoms with Gasteiger partial charge in [-0.2, -0.15) is 0 Å². The summed E-state index contributed by atoms with van der Waals surface area (Å²) in [7, 11) is 0. The minimum atomic E-state index is 0.354. The van der Waals surface area contributed by atoms with Crippen molar-refractivity contribution in [1.82, 2.24) is 0 Å². The highest BCUT2D eigenvalue weighted by Crippen LogP contribution is 2.63. The largest absolute Gasteiger partial charge is 0.466 e. The van der Waals surface area contributed by atoms with Crippen molar-refractivity contribution in [2.75, 3.05) is 13.4 Å². The zero-order valence-electron chi connectivity index (χ0n) is 15.6. The lowest BCUT2D eigenvalue weighted by atomic mass is 9.48. The van der Waals surface area contributed by atoms with Crippen LogP contribution >= 0.6 is 11.3 Å². The van der Waals surface area contributed by atoms with Crippen molar-refractivity contribution >= 4 is 11.3 Å². The molecule has 4 fully saturated rings. The van der Waals surface area contributed by atoms with Gasteiger partial charge in [0.25, 0.3) is 0 Å². The zero-order valence-corrected chi connectivity index (χ0v) is 16.4. The van der Waals surface area contributed by atoms with Crippen LogP contribution in [0.3, 0.4) is 0 Å². The molecule has 3 heteroatoms. The summed E-state index contributed by atoms with van der Waals surface area (Å²) in [5, 5.41) is 2.41. The normalized spacial score (nSPS) is 32.1. The molecule has 138 valence electrons. The molecule has 0 spiro atoms. The maximum Gasteiger partial charge on any atom is 0.189 e. The van der Waals surface area contributed by atoms with Gasteiger partial charge in [-0.1, -0.05) is 30.3 Å². The second kappa shape index (κ2) is 6.69. The van der Waals surface area contributed by atoms with E-state index in [0.29, 0.717) is 18.8 Å². The summed E-state index contributed by atoms with van der Waals surface area (Å²) in [4.78, 5) is 1.27. The van der Waals surface area contributed by atoms with Gasteiger partial charge in [-0.3, -0.25) is 0 Å². The van der Waals surface area contributed by atoms with Gasteiger partial charge in [-0.15, -0.1) is 11.3 Å². The van der Waals surface area contributed by atoms with Gasteiger partial charge >= 0.3 is 0 Å². The molecular weight excluding hydrogens is 340 g/mol. The fourth-order valence-corrected chi connectivity index (χ4v) is 7.41. The van der Waals surface area contributed by atoms with Gasteiger partial charge in [0, 0.05) is 17.6 Å². The van der Waals surface area contributed by atoms with E-state index in [4.69, 9.17) is 9.47 Å². The first-order valence-electron chi connectivity index (χ1n) is 10.2. The molecule has 26 heavy (non-hydrogen) atoms. The van der Waals surface area contributed by atoms with Crippen LogP contribution < -0.4 is 4.74 Å². The Morgan fingerprint density at radius 3 is 2.27 bits per heavy atom. The number of rotatable bonds is 6. The van der Waals surface area contributed by atoms with Crippen LogP contribution in [0.15, 0.2) is 35.7 Å². The lowest BCUT2D eigenvalue weighted by Crippen LogP contribution is -2.48. The minimum Gasteiger partial charge on any atom is -0.466 e. The van der Waals surface area contributed by atoms with E-state index in [1.54, 1.807) is 0 Å². The fourth-order valence-electron chi connectivity index (χ4n) is 6.27. The molecule has 0 radical (unpaired) electrons. The monoisotopic (exact) mass is 368 g/mol. The fraction of sp³-hybridized carbons (Fsp3) is 0.565. The first-order valence-corrected chi connectivity index (χ1v) is 11.0. The number of benzene rings is 1. The Hall–Kier alpha value is -1.32. The lowest BCUT2D eigenvalue weighted by Gasteiger charge is -2.57. The molecule has 1 aromatic heterocycles. The second-order valence-electron chi connectivity index (χ2n) is 8.63. The van der Waals surface area contributed by atoms with Crippen LogP contribution in [0, 0.1) is 17.8 Å². The molecule has 1 aromatic carbocycles. The van der Waals surface area contributed by atoms with E-state index in [0.717, 1.165) is 23.5 Å². The van der Waals surface area contributed by atoms with Crippen LogP contribution in [-0.4, -0.2) is 13.4 Å². The molecule has 4 aliphatic rings. The summed E-state index contributed by atoms with van der Waals surface area (Å²) in [5.41, 5.74) is 3.11. The third kappa shape index (κ3) is 2.80. The standard InChI is InChI=1S/C23H28O2S/c1-2-24-15-25-21-20(14-26-22(21)19-6-4-3-5-7-19)23-11-16-8-17(12-23)10-18(9-16)13-23/h3-7,14,16-18H,2,8-13,15H2,1H3. The van der Waals surface area contributed by atoms with E-state index in [1.807, 2.05) is 18.3 Å². The smallest absolute Gasteiger partial charge is 0.189 e. The molecule has 2 nitrogen and oxygen atoms in total. The molecular formula is C23H28O2S. The predicted molar refractivity (Wildman–Crippen MR) is 107 cm³/mol. The van der Waals surface area contributed by atoms with Crippen LogP contribution in [0.2, 0.25) is 0 Å². The first-order chi connectivity index (χ1) is 12.8. The second-order valence-corrected chi connectivity index (χ2v) is 9.51. The Morgan fingerprint density at radius 2 is 1.65 bits per heavy atom. The maximum absolute atomic E-state index is 6.28. The summed E-state index contributed by atoms with van der Waals surface area (Å²) in [6.45, 7) is 3.07. The molecule has 0 atom stereocenters. The van der Waals surface area contributed by atoms with Crippen LogP contribution in [0.25, 0.3) is 10.4 Å². The van der Waals surface area contributed by atoms with Gasteiger partial charge < -0.3 is 9.47 Å². The van der Waals surface area contributed by atoms with Crippen molar-refractivity contribution in [1.29, 1.82) is 0 Å². The van der Waals surface area contributed by atoms with E-state index >= 15 is 0 Å². The van der Waals surface area contributed by atoms with Crippen molar-refractivity contribution in [3.05, 3.63) is 41.3 Å². The minimum absolute atomic E-state index is 0.354. The number of ether oxygens (including phenoxy) is 2. The molecule has 4 saturated carbocycles. The van der Waals surface area contributed by atoms with Crippen LogP contribution in [0.4, 0.5) is 0 Å². The highest BCUT2D eigenvalue weighted by atomic mass is 32.1. The van der Waals surface area contributed by atoms with Crippen molar-refractivity contribution in [2.45, 2.75) is 50.9 Å². The molecule has 4 bridgehead atoms. The van der Waals surface area contributed by atoms with E-state index in [9.17, 15) is 0 Å². The van der Waals surface area contributed by atoms with E-state index in [2.05, 4.69) is 35.7 Å². The molecule has 1 heterocycles. The molecule has 0 amide bonds. The zero-order chi connectivity index (χ0) is 17.6. The Bertz CT molecular complexity index is 728. The first kappa shape index (κ1) is 16.8. The molecule has 6 rings (SSSR count). The quantitative estimate of drug-likeness (QED) is 0.443. The maximum atomic E-state index is 6.28. The number of hydrogen-bond donors (Lipinski definition) is 0. The van der Waals surface area contributed by atoms with E-state index < -0.39 is 0 Å². The van der Waals surface area contributed by atoms with Crippen molar-refractivity contribution < 1.29 is 9.47 Å². The van der Waals surface area contributed by atoms with Crippen molar-refractivity contribution in [2.24, 2.45) is 17.8 Å². The van der Waals surface area contributed by atoms with Crippen LogP contribution in [-0.2, 0) is 10.2 Å². The summed E-state index contributed by atoms with van der Waals surface area (Å²) >= 11 is 1.86. The van der Waals surface area contributed by atoms with Gasteiger partial charge in [0.2, 0.25) is 0 Å². The summed E-state index contributed by atoms with van der Waals surface area (Å²) in [5.74, 6) is 3.94. The lowest BCUT2D eigenvalue weighted by molar-refractivity contribution is -0.0104.